The van der Waals surface area contributed by atoms with Gasteiger partial charge in [-0.15, -0.1) is 0 Å². The van der Waals surface area contributed by atoms with E-state index in [1.807, 2.05) is 84.9 Å². The Labute approximate surface area is 238 Å². The Balaban J connectivity index is 1.13. The summed E-state index contributed by atoms with van der Waals surface area (Å²) in [5.41, 5.74) is 3.22. The smallest absolute Gasteiger partial charge is 0.319 e. The van der Waals surface area contributed by atoms with E-state index in [0.29, 0.717) is 17.7 Å². The SMILES string of the molecule is O=C(CCCNC(=O)Nc1ccc2ccccc2c1)NCC(=O)NCC(C(=O)O)c1ccc(-c2ccccc2)cc1. The zero-order valence-electron chi connectivity index (χ0n) is 22.4. The van der Waals surface area contributed by atoms with Crippen molar-refractivity contribution >= 4 is 40.3 Å². The van der Waals surface area contributed by atoms with Crippen molar-refractivity contribution < 1.29 is 24.3 Å². The Hall–Kier alpha value is -5.18. The average molecular weight is 553 g/mol. The number of carboxylic acid groups (broad SMARTS) is 1. The quantitative estimate of drug-likeness (QED) is 0.165. The summed E-state index contributed by atoms with van der Waals surface area (Å²) in [6.45, 7) is -0.0959. The second kappa shape index (κ2) is 14.3. The number of fused-ring (bicyclic) bond motifs is 1. The van der Waals surface area contributed by atoms with Gasteiger partial charge in [-0.2, -0.15) is 0 Å². The fourth-order valence-corrected chi connectivity index (χ4v) is 4.33. The zero-order chi connectivity index (χ0) is 29.0. The van der Waals surface area contributed by atoms with Gasteiger partial charge in [-0.3, -0.25) is 14.4 Å². The Bertz CT molecular complexity index is 1510. The number of carbonyl (C=O) groups excluding carboxylic acids is 3. The fraction of sp³-hybridized carbons (Fsp3) is 0.188. The molecular weight excluding hydrogens is 520 g/mol. The number of carbonyl (C=O) groups is 4. The molecule has 0 spiro atoms. The fourth-order valence-electron chi connectivity index (χ4n) is 4.33. The van der Waals surface area contributed by atoms with Gasteiger partial charge in [0.25, 0.3) is 0 Å². The van der Waals surface area contributed by atoms with Gasteiger partial charge in [0.1, 0.15) is 0 Å². The standard InChI is InChI=1S/C32H32N4O5/c37-29(11-6-18-33-32(41)36-27-17-16-23-9-4-5-10-26(23)19-27)35-21-30(38)34-20-28(31(39)40)25-14-12-24(13-15-25)22-7-2-1-3-8-22/h1-5,7-10,12-17,19,28H,6,11,18,20-21H2,(H,34,38)(H,35,37)(H,39,40)(H2,33,36,41). The summed E-state index contributed by atoms with van der Waals surface area (Å²) >= 11 is 0. The van der Waals surface area contributed by atoms with Gasteiger partial charge in [-0.05, 0) is 46.0 Å². The predicted octanol–water partition coefficient (Wildman–Crippen LogP) is 4.51. The maximum absolute atomic E-state index is 12.2. The first-order valence-corrected chi connectivity index (χ1v) is 13.3. The number of anilines is 1. The van der Waals surface area contributed by atoms with Crippen molar-refractivity contribution in [2.75, 3.05) is 25.0 Å². The second-order valence-electron chi connectivity index (χ2n) is 9.51. The number of nitrogens with one attached hydrogen (secondary N) is 4. The van der Waals surface area contributed by atoms with E-state index in [2.05, 4.69) is 21.3 Å². The number of aliphatic carboxylic acids is 1. The van der Waals surface area contributed by atoms with Crippen molar-refractivity contribution in [3.63, 3.8) is 0 Å². The number of amides is 4. The zero-order valence-corrected chi connectivity index (χ0v) is 22.4. The Morgan fingerprint density at radius 1 is 0.683 bits per heavy atom. The van der Waals surface area contributed by atoms with Gasteiger partial charge in [-0.1, -0.05) is 84.9 Å². The molecule has 0 radical (unpaired) electrons. The van der Waals surface area contributed by atoms with Crippen LogP contribution in [0.3, 0.4) is 0 Å². The molecule has 0 fully saturated rings. The third-order valence-electron chi connectivity index (χ3n) is 6.54. The third-order valence-corrected chi connectivity index (χ3v) is 6.54. The predicted molar refractivity (Wildman–Crippen MR) is 158 cm³/mol. The molecule has 0 aliphatic rings. The van der Waals surface area contributed by atoms with E-state index in [1.54, 1.807) is 12.1 Å². The lowest BCUT2D eigenvalue weighted by Gasteiger charge is -2.15. The van der Waals surface area contributed by atoms with Gasteiger partial charge >= 0.3 is 12.0 Å². The van der Waals surface area contributed by atoms with Crippen LogP contribution in [-0.2, 0) is 14.4 Å². The lowest BCUT2D eigenvalue weighted by atomic mass is 9.96. The van der Waals surface area contributed by atoms with Crippen LogP contribution >= 0.6 is 0 Å². The summed E-state index contributed by atoms with van der Waals surface area (Å²) in [6.07, 6.45) is 0.508. The molecule has 0 heterocycles. The molecule has 4 amide bonds. The Morgan fingerprint density at radius 3 is 2.10 bits per heavy atom. The summed E-state index contributed by atoms with van der Waals surface area (Å²) in [5.74, 6) is -2.81. The molecule has 0 bridgehead atoms. The maximum atomic E-state index is 12.2. The first-order chi connectivity index (χ1) is 19.9. The Kier molecular flexibility index (Phi) is 10.0. The van der Waals surface area contributed by atoms with Crippen molar-refractivity contribution in [3.8, 4) is 11.1 Å². The lowest BCUT2D eigenvalue weighted by molar-refractivity contribution is -0.138. The van der Waals surface area contributed by atoms with Crippen LogP contribution in [0.15, 0.2) is 97.1 Å². The molecule has 0 aromatic heterocycles. The van der Waals surface area contributed by atoms with Crippen LogP contribution < -0.4 is 21.3 Å². The van der Waals surface area contributed by atoms with Gasteiger partial charge in [0.2, 0.25) is 11.8 Å². The van der Waals surface area contributed by atoms with E-state index in [-0.39, 0.29) is 38.0 Å². The molecule has 4 aromatic rings. The summed E-state index contributed by atoms with van der Waals surface area (Å²) in [4.78, 5) is 48.3. The molecule has 0 saturated carbocycles. The summed E-state index contributed by atoms with van der Waals surface area (Å²) < 4.78 is 0. The first kappa shape index (κ1) is 28.8. The van der Waals surface area contributed by atoms with E-state index in [4.69, 9.17) is 0 Å². The van der Waals surface area contributed by atoms with E-state index >= 15 is 0 Å². The summed E-state index contributed by atoms with van der Waals surface area (Å²) in [5, 5.41) is 22.3. The lowest BCUT2D eigenvalue weighted by Crippen LogP contribution is -2.39. The van der Waals surface area contributed by atoms with E-state index < -0.39 is 17.8 Å². The van der Waals surface area contributed by atoms with Gasteiger partial charge in [-0.25, -0.2) is 4.79 Å². The van der Waals surface area contributed by atoms with E-state index in [0.717, 1.165) is 21.9 Å². The number of hydrogen-bond acceptors (Lipinski definition) is 4. The number of benzene rings is 4. The van der Waals surface area contributed by atoms with Gasteiger partial charge in [0.05, 0.1) is 12.5 Å². The molecule has 5 N–H and O–H groups in total. The topological polar surface area (TPSA) is 137 Å². The molecule has 9 nitrogen and oxygen atoms in total. The van der Waals surface area contributed by atoms with Crippen LogP contribution in [0, 0.1) is 0 Å². The molecule has 210 valence electrons. The van der Waals surface area contributed by atoms with Gasteiger partial charge < -0.3 is 26.4 Å². The van der Waals surface area contributed by atoms with Crippen LogP contribution in [-0.4, -0.2) is 48.6 Å². The first-order valence-electron chi connectivity index (χ1n) is 13.3. The third kappa shape index (κ3) is 8.66. The van der Waals surface area contributed by atoms with Crippen molar-refractivity contribution in [3.05, 3.63) is 103 Å². The highest BCUT2D eigenvalue weighted by atomic mass is 16.4. The van der Waals surface area contributed by atoms with Crippen molar-refractivity contribution in [1.29, 1.82) is 0 Å². The average Bonchev–Trinajstić information content (AvgIpc) is 2.99. The van der Waals surface area contributed by atoms with E-state index in [1.165, 1.54) is 0 Å². The Morgan fingerprint density at radius 2 is 1.37 bits per heavy atom. The highest BCUT2D eigenvalue weighted by Crippen LogP contribution is 2.23. The van der Waals surface area contributed by atoms with Crippen LogP contribution in [0.4, 0.5) is 10.5 Å². The van der Waals surface area contributed by atoms with Gasteiger partial charge in [0.15, 0.2) is 0 Å². The molecule has 0 aliphatic carbocycles. The molecule has 4 aromatic carbocycles. The van der Waals surface area contributed by atoms with Crippen molar-refractivity contribution in [2.45, 2.75) is 18.8 Å². The van der Waals surface area contributed by atoms with Crippen LogP contribution in [0.5, 0.6) is 0 Å². The molecule has 1 atom stereocenters. The van der Waals surface area contributed by atoms with Crippen molar-refractivity contribution in [1.82, 2.24) is 16.0 Å². The molecule has 4 rings (SSSR count). The monoisotopic (exact) mass is 552 g/mol. The molecular formula is C32H32N4O5. The molecule has 0 aliphatic heterocycles. The highest BCUT2D eigenvalue weighted by molar-refractivity contribution is 5.93. The minimum absolute atomic E-state index is 0.106. The highest BCUT2D eigenvalue weighted by Gasteiger charge is 2.21. The number of hydrogen-bond donors (Lipinski definition) is 5. The molecule has 1 unspecified atom stereocenters. The van der Waals surface area contributed by atoms with Crippen molar-refractivity contribution in [2.24, 2.45) is 0 Å². The maximum Gasteiger partial charge on any atom is 0.319 e. The largest absolute Gasteiger partial charge is 0.481 e. The molecule has 0 saturated heterocycles. The molecule has 9 heteroatoms. The van der Waals surface area contributed by atoms with Crippen LogP contribution in [0.2, 0.25) is 0 Å². The molecule has 41 heavy (non-hydrogen) atoms. The summed E-state index contributed by atoms with van der Waals surface area (Å²) in [6, 6.07) is 30.0. The normalized spacial score (nSPS) is 11.3. The van der Waals surface area contributed by atoms with E-state index in [9.17, 15) is 24.3 Å². The minimum Gasteiger partial charge on any atom is -0.481 e. The number of urea groups is 1. The minimum atomic E-state index is -1.06. The second-order valence-corrected chi connectivity index (χ2v) is 9.51. The number of rotatable bonds is 12. The van der Waals surface area contributed by atoms with Crippen LogP contribution in [0.25, 0.3) is 21.9 Å². The summed E-state index contributed by atoms with van der Waals surface area (Å²) in [7, 11) is 0. The van der Waals surface area contributed by atoms with Crippen LogP contribution in [0.1, 0.15) is 24.3 Å². The number of carboxylic acids is 1. The van der Waals surface area contributed by atoms with Gasteiger partial charge in [0, 0.05) is 25.2 Å².